The van der Waals surface area contributed by atoms with Crippen LogP contribution in [0.25, 0.3) is 0 Å². The van der Waals surface area contributed by atoms with Gasteiger partial charge in [-0.05, 0) is 24.3 Å². The summed E-state index contributed by atoms with van der Waals surface area (Å²) in [5, 5.41) is 14.1. The van der Waals surface area contributed by atoms with E-state index >= 15 is 0 Å². The maximum atomic E-state index is 12.0. The van der Waals surface area contributed by atoms with E-state index in [0.29, 0.717) is 6.42 Å². The van der Waals surface area contributed by atoms with Gasteiger partial charge in [-0.2, -0.15) is 11.8 Å². The normalized spacial score (nSPS) is 17.3. The molecule has 23 heavy (non-hydrogen) atoms. The second kappa shape index (κ2) is 9.48. The maximum absolute atomic E-state index is 12.0. The number of amides is 1. The summed E-state index contributed by atoms with van der Waals surface area (Å²) in [6.07, 6.45) is 0.522. The van der Waals surface area contributed by atoms with Gasteiger partial charge >= 0.3 is 0 Å². The van der Waals surface area contributed by atoms with Crippen molar-refractivity contribution in [1.82, 2.24) is 15.5 Å². The molecule has 1 saturated heterocycles. The summed E-state index contributed by atoms with van der Waals surface area (Å²) < 4.78 is 0.914. The first-order chi connectivity index (χ1) is 10.8. The summed E-state index contributed by atoms with van der Waals surface area (Å²) in [6.45, 7) is 0.986. The van der Waals surface area contributed by atoms with Crippen LogP contribution in [0.3, 0.4) is 0 Å². The lowest BCUT2D eigenvalue weighted by Crippen LogP contribution is -2.39. The lowest BCUT2D eigenvalue weighted by Gasteiger charge is -2.22. The molecule has 5 nitrogen and oxygen atoms in total. The number of hydrogen-bond donors (Lipinski definition) is 2. The molecule has 1 aliphatic rings. The Bertz CT molecular complexity index is 603. The topological polar surface area (TPSA) is 66.9 Å². The molecular formula is C14H17ClN4OS3. The molecule has 1 unspecified atom stereocenters. The Morgan fingerprint density at radius 3 is 2.87 bits per heavy atom. The summed E-state index contributed by atoms with van der Waals surface area (Å²) in [6, 6.07) is 8.09. The molecule has 1 amide bonds. The fourth-order valence-corrected chi connectivity index (χ4v) is 4.50. The van der Waals surface area contributed by atoms with Crippen molar-refractivity contribution >= 4 is 58.9 Å². The molecule has 2 N–H and O–H groups in total. The van der Waals surface area contributed by atoms with E-state index in [1.807, 2.05) is 36.0 Å². The highest BCUT2D eigenvalue weighted by Crippen LogP contribution is 2.29. The van der Waals surface area contributed by atoms with Crippen molar-refractivity contribution in [3.05, 3.63) is 29.8 Å². The number of rotatable bonds is 5. The van der Waals surface area contributed by atoms with E-state index in [1.165, 1.54) is 11.3 Å². The first-order valence-electron chi connectivity index (χ1n) is 6.95. The predicted octanol–water partition coefficient (Wildman–Crippen LogP) is 3.14. The number of hydrogen-bond acceptors (Lipinski definition) is 7. The van der Waals surface area contributed by atoms with E-state index in [0.717, 1.165) is 33.0 Å². The van der Waals surface area contributed by atoms with Gasteiger partial charge in [-0.15, -0.1) is 22.6 Å². The quantitative estimate of drug-likeness (QED) is 0.820. The molecule has 2 aromatic rings. The predicted molar refractivity (Wildman–Crippen MR) is 100 cm³/mol. The Morgan fingerprint density at radius 1 is 1.39 bits per heavy atom. The molecule has 1 aromatic heterocycles. The van der Waals surface area contributed by atoms with E-state index < -0.39 is 0 Å². The second-order valence-corrected chi connectivity index (χ2v) is 8.11. The molecule has 0 saturated carbocycles. The van der Waals surface area contributed by atoms with Gasteiger partial charge in [0.05, 0.1) is 0 Å². The van der Waals surface area contributed by atoms with Crippen molar-refractivity contribution in [2.45, 2.75) is 21.7 Å². The second-order valence-electron chi connectivity index (χ2n) is 4.81. The van der Waals surface area contributed by atoms with Crippen LogP contribution in [0.2, 0.25) is 0 Å². The number of benzene rings is 1. The van der Waals surface area contributed by atoms with Crippen LogP contribution in [0, 0.1) is 0 Å². The third kappa shape index (κ3) is 5.96. The van der Waals surface area contributed by atoms with Crippen molar-refractivity contribution in [2.75, 3.05) is 23.4 Å². The highest BCUT2D eigenvalue weighted by Gasteiger charge is 2.16. The molecule has 1 aliphatic heterocycles. The summed E-state index contributed by atoms with van der Waals surface area (Å²) >= 11 is 4.98. The molecule has 124 valence electrons. The number of thioether (sulfide) groups is 1. The molecule has 3 rings (SSSR count). The molecule has 0 spiro atoms. The van der Waals surface area contributed by atoms with Crippen LogP contribution < -0.4 is 10.6 Å². The number of nitrogens with zero attached hydrogens (tertiary/aromatic N) is 2. The van der Waals surface area contributed by atoms with Gasteiger partial charge in [-0.1, -0.05) is 23.1 Å². The van der Waals surface area contributed by atoms with Crippen LogP contribution in [0.4, 0.5) is 5.69 Å². The van der Waals surface area contributed by atoms with Crippen LogP contribution in [0.5, 0.6) is 0 Å². The lowest BCUT2D eigenvalue weighted by atomic mass is 10.2. The highest BCUT2D eigenvalue weighted by molar-refractivity contribution is 8.01. The molecule has 1 aromatic carbocycles. The van der Waals surface area contributed by atoms with Crippen LogP contribution >= 0.6 is 47.3 Å². The first-order valence-corrected chi connectivity index (χ1v) is 9.80. The van der Waals surface area contributed by atoms with Crippen molar-refractivity contribution in [2.24, 2.45) is 0 Å². The van der Waals surface area contributed by atoms with Gasteiger partial charge in [-0.25, -0.2) is 0 Å². The summed E-state index contributed by atoms with van der Waals surface area (Å²) in [5.74, 6) is 2.20. The van der Waals surface area contributed by atoms with Crippen molar-refractivity contribution in [3.63, 3.8) is 0 Å². The van der Waals surface area contributed by atoms with Crippen LogP contribution in [0.15, 0.2) is 39.0 Å². The average molecular weight is 389 g/mol. The van der Waals surface area contributed by atoms with E-state index in [9.17, 15) is 4.79 Å². The summed E-state index contributed by atoms with van der Waals surface area (Å²) in [5.41, 5.74) is 2.55. The van der Waals surface area contributed by atoms with E-state index in [4.69, 9.17) is 0 Å². The van der Waals surface area contributed by atoms with E-state index in [-0.39, 0.29) is 24.4 Å². The molecule has 0 bridgehead atoms. The maximum Gasteiger partial charge on any atom is 0.225 e. The summed E-state index contributed by atoms with van der Waals surface area (Å²) in [7, 11) is 0. The zero-order chi connectivity index (χ0) is 15.2. The van der Waals surface area contributed by atoms with Gasteiger partial charge in [0.2, 0.25) is 5.91 Å². The molecule has 2 heterocycles. The van der Waals surface area contributed by atoms with Gasteiger partial charge in [0.15, 0.2) is 4.34 Å². The zero-order valence-corrected chi connectivity index (χ0v) is 15.5. The number of carbonyl (C=O) groups excluding carboxylic acids is 1. The standard InChI is InChI=1S/C14H16N4OS3.ClH/c19-13(7-11-8-20-6-5-15-11)17-10-1-3-12(4-2-10)22-14-18-16-9-21-14;/h1-4,9,11,15H,5-8H2,(H,17,19);1H. The van der Waals surface area contributed by atoms with Gasteiger partial charge in [-0.3, -0.25) is 4.79 Å². The Hall–Kier alpha value is -0.800. The number of anilines is 1. The third-order valence-electron chi connectivity index (χ3n) is 3.11. The van der Waals surface area contributed by atoms with Crippen LogP contribution in [-0.2, 0) is 4.79 Å². The minimum absolute atomic E-state index is 0. The number of carbonyl (C=O) groups is 1. The fourth-order valence-electron chi connectivity index (χ4n) is 2.10. The van der Waals surface area contributed by atoms with Crippen LogP contribution in [-0.4, -0.2) is 40.2 Å². The lowest BCUT2D eigenvalue weighted by molar-refractivity contribution is -0.116. The van der Waals surface area contributed by atoms with E-state index in [1.54, 1.807) is 17.3 Å². The highest BCUT2D eigenvalue weighted by atomic mass is 35.5. The minimum atomic E-state index is 0. The fraction of sp³-hybridized carbons (Fsp3) is 0.357. The largest absolute Gasteiger partial charge is 0.326 e. The molecule has 1 atom stereocenters. The van der Waals surface area contributed by atoms with Gasteiger partial charge in [0, 0.05) is 41.1 Å². The Labute approximate surface area is 153 Å². The van der Waals surface area contributed by atoms with Gasteiger partial charge in [0.25, 0.3) is 0 Å². The van der Waals surface area contributed by atoms with Crippen molar-refractivity contribution < 1.29 is 4.79 Å². The van der Waals surface area contributed by atoms with Crippen molar-refractivity contribution in [1.29, 1.82) is 0 Å². The monoisotopic (exact) mass is 388 g/mol. The number of halogens is 1. The average Bonchev–Trinajstić information content (AvgIpc) is 3.03. The van der Waals surface area contributed by atoms with E-state index in [2.05, 4.69) is 20.8 Å². The van der Waals surface area contributed by atoms with Gasteiger partial charge < -0.3 is 10.6 Å². The summed E-state index contributed by atoms with van der Waals surface area (Å²) in [4.78, 5) is 13.1. The van der Waals surface area contributed by atoms with Crippen LogP contribution in [0.1, 0.15) is 6.42 Å². The third-order valence-corrected chi connectivity index (χ3v) is 6.03. The number of nitrogens with one attached hydrogen (secondary N) is 2. The Balaban J connectivity index is 0.00000192. The van der Waals surface area contributed by atoms with Crippen molar-refractivity contribution in [3.8, 4) is 0 Å². The SMILES string of the molecule is Cl.O=C(CC1CSCCN1)Nc1ccc(Sc2nncs2)cc1. The first kappa shape index (κ1) is 18.5. The van der Waals surface area contributed by atoms with Gasteiger partial charge in [0.1, 0.15) is 5.51 Å². The molecule has 1 fully saturated rings. The molecular weight excluding hydrogens is 372 g/mol. The smallest absolute Gasteiger partial charge is 0.225 e. The molecule has 9 heteroatoms. The molecule has 0 radical (unpaired) electrons. The Morgan fingerprint density at radius 2 is 2.22 bits per heavy atom. The Kier molecular flexibility index (Phi) is 7.64. The number of aromatic nitrogens is 2. The molecule has 0 aliphatic carbocycles. The zero-order valence-electron chi connectivity index (χ0n) is 12.2. The minimum Gasteiger partial charge on any atom is -0.326 e.